The van der Waals surface area contributed by atoms with Gasteiger partial charge in [-0.15, -0.1) is 0 Å². The second-order valence-corrected chi connectivity index (χ2v) is 4.45. The first-order chi connectivity index (χ1) is 8.79. The molecule has 1 heterocycles. The molecule has 1 fully saturated rings. The Bertz CT molecular complexity index is 380. The summed E-state index contributed by atoms with van der Waals surface area (Å²) < 4.78 is 15.6. The smallest absolute Gasteiger partial charge is 0.394 e. The molecule has 0 amide bonds. The van der Waals surface area contributed by atoms with E-state index in [0.29, 0.717) is 6.61 Å². The molecule has 1 aliphatic carbocycles. The first-order valence-corrected chi connectivity index (χ1v) is 6.59. The zero-order valence-corrected chi connectivity index (χ0v) is 10.7. The number of ether oxygens (including phenoxy) is 2. The van der Waals surface area contributed by atoms with Crippen molar-refractivity contribution in [1.82, 2.24) is 4.98 Å². The number of carbonyl (C=O) groups excluding carboxylic acids is 1. The number of hydrogen-bond acceptors (Lipinski definition) is 5. The number of carbonyl (C=O) groups is 1. The molecule has 0 spiro atoms. The normalized spacial score (nSPS) is 17.2. The molecule has 100 valence electrons. The van der Waals surface area contributed by atoms with Gasteiger partial charge in [-0.2, -0.15) is 4.98 Å². The van der Waals surface area contributed by atoms with Crippen LogP contribution in [0.1, 0.15) is 55.9 Å². The summed E-state index contributed by atoms with van der Waals surface area (Å²) in [6.45, 7) is 2.07. The largest absolute Gasteiger partial charge is 0.461 e. The van der Waals surface area contributed by atoms with Crippen LogP contribution in [0.5, 0.6) is 6.08 Å². The lowest BCUT2D eigenvalue weighted by Crippen LogP contribution is -2.15. The standard InChI is InChI=1S/C13H19NO4/c1-2-16-12(15)11-9-17-13(14-11)18-10-7-5-3-4-6-8-10/h9-10H,2-8H2,1H3. The Morgan fingerprint density at radius 3 is 2.78 bits per heavy atom. The van der Waals surface area contributed by atoms with Gasteiger partial charge in [0.1, 0.15) is 12.4 Å². The molecule has 1 saturated carbocycles. The van der Waals surface area contributed by atoms with Gasteiger partial charge in [-0.3, -0.25) is 0 Å². The molecular weight excluding hydrogens is 234 g/mol. The number of rotatable bonds is 4. The van der Waals surface area contributed by atoms with E-state index in [1.807, 2.05) is 0 Å². The highest BCUT2D eigenvalue weighted by atomic mass is 16.6. The number of aromatic nitrogens is 1. The third kappa shape index (κ3) is 3.48. The maximum absolute atomic E-state index is 11.4. The monoisotopic (exact) mass is 253 g/mol. The first-order valence-electron chi connectivity index (χ1n) is 6.59. The minimum Gasteiger partial charge on any atom is -0.461 e. The third-order valence-corrected chi connectivity index (χ3v) is 3.04. The Morgan fingerprint density at radius 2 is 2.11 bits per heavy atom. The molecular formula is C13H19NO4. The van der Waals surface area contributed by atoms with Crippen molar-refractivity contribution < 1.29 is 18.7 Å². The lowest BCUT2D eigenvalue weighted by atomic mass is 10.2. The predicted octanol–water partition coefficient (Wildman–Crippen LogP) is 2.95. The van der Waals surface area contributed by atoms with Gasteiger partial charge in [0.15, 0.2) is 5.69 Å². The molecule has 5 nitrogen and oxygen atoms in total. The summed E-state index contributed by atoms with van der Waals surface area (Å²) in [5.74, 6) is -0.475. The van der Waals surface area contributed by atoms with Gasteiger partial charge in [0.05, 0.1) is 6.61 Å². The number of nitrogens with zero attached hydrogens (tertiary/aromatic N) is 1. The highest BCUT2D eigenvalue weighted by Gasteiger charge is 2.18. The fourth-order valence-electron chi connectivity index (χ4n) is 2.11. The van der Waals surface area contributed by atoms with Crippen LogP contribution in [0.2, 0.25) is 0 Å². The van der Waals surface area contributed by atoms with Gasteiger partial charge >= 0.3 is 12.0 Å². The second-order valence-electron chi connectivity index (χ2n) is 4.45. The molecule has 0 bridgehead atoms. The Hall–Kier alpha value is -1.52. The van der Waals surface area contributed by atoms with E-state index < -0.39 is 5.97 Å². The maximum atomic E-state index is 11.4. The molecule has 0 radical (unpaired) electrons. The molecule has 1 aromatic rings. The SMILES string of the molecule is CCOC(=O)c1coc(OC2CCCCCC2)n1. The quantitative estimate of drug-likeness (QED) is 0.609. The summed E-state index contributed by atoms with van der Waals surface area (Å²) in [7, 11) is 0. The zero-order chi connectivity index (χ0) is 12.8. The second kappa shape index (κ2) is 6.42. The van der Waals surface area contributed by atoms with Crippen LogP contribution in [-0.4, -0.2) is 23.7 Å². The predicted molar refractivity (Wildman–Crippen MR) is 64.6 cm³/mol. The molecule has 1 aromatic heterocycles. The van der Waals surface area contributed by atoms with Gasteiger partial charge in [-0.25, -0.2) is 4.79 Å². The van der Waals surface area contributed by atoms with Crippen LogP contribution in [0, 0.1) is 0 Å². The lowest BCUT2D eigenvalue weighted by Gasteiger charge is -2.12. The van der Waals surface area contributed by atoms with Crippen molar-refractivity contribution in [2.45, 2.75) is 51.6 Å². The Labute approximate surface area is 106 Å². The summed E-state index contributed by atoms with van der Waals surface area (Å²) >= 11 is 0. The van der Waals surface area contributed by atoms with Crippen LogP contribution in [0.25, 0.3) is 0 Å². The average molecular weight is 253 g/mol. The van der Waals surface area contributed by atoms with E-state index in [9.17, 15) is 4.79 Å². The van der Waals surface area contributed by atoms with Gasteiger partial charge in [0, 0.05) is 0 Å². The van der Waals surface area contributed by atoms with Crippen molar-refractivity contribution in [2.75, 3.05) is 6.61 Å². The van der Waals surface area contributed by atoms with Gasteiger partial charge in [0.25, 0.3) is 0 Å². The Balaban J connectivity index is 1.91. The lowest BCUT2D eigenvalue weighted by molar-refractivity contribution is 0.0518. The van der Waals surface area contributed by atoms with Crippen molar-refractivity contribution in [3.8, 4) is 6.08 Å². The molecule has 0 aliphatic heterocycles. The van der Waals surface area contributed by atoms with E-state index in [0.717, 1.165) is 12.8 Å². The van der Waals surface area contributed by atoms with Crippen LogP contribution in [0.15, 0.2) is 10.7 Å². The average Bonchev–Trinajstić information content (AvgIpc) is 2.67. The fraction of sp³-hybridized carbons (Fsp3) is 0.692. The van der Waals surface area contributed by atoms with E-state index in [2.05, 4.69) is 4.98 Å². The van der Waals surface area contributed by atoms with E-state index in [4.69, 9.17) is 13.9 Å². The molecule has 18 heavy (non-hydrogen) atoms. The maximum Gasteiger partial charge on any atom is 0.394 e. The number of hydrogen-bond donors (Lipinski definition) is 0. The van der Waals surface area contributed by atoms with Crippen LogP contribution in [0.4, 0.5) is 0 Å². The minimum absolute atomic E-state index is 0.154. The van der Waals surface area contributed by atoms with Crippen molar-refractivity contribution in [1.29, 1.82) is 0 Å². The van der Waals surface area contributed by atoms with Crippen LogP contribution < -0.4 is 4.74 Å². The van der Waals surface area contributed by atoms with Crippen molar-refractivity contribution in [3.63, 3.8) is 0 Å². The molecule has 2 rings (SSSR count). The molecule has 1 aliphatic rings. The first kappa shape index (κ1) is 12.9. The van der Waals surface area contributed by atoms with E-state index in [1.165, 1.54) is 31.9 Å². The van der Waals surface area contributed by atoms with Crippen LogP contribution >= 0.6 is 0 Å². The van der Waals surface area contributed by atoms with E-state index >= 15 is 0 Å². The minimum atomic E-state index is -0.475. The number of oxazole rings is 1. The van der Waals surface area contributed by atoms with Gasteiger partial charge < -0.3 is 13.9 Å². The van der Waals surface area contributed by atoms with Crippen molar-refractivity contribution in [2.24, 2.45) is 0 Å². The highest BCUT2D eigenvalue weighted by Crippen LogP contribution is 2.22. The topological polar surface area (TPSA) is 61.6 Å². The summed E-state index contributed by atoms with van der Waals surface area (Å²) in [4.78, 5) is 15.4. The van der Waals surface area contributed by atoms with Crippen molar-refractivity contribution in [3.05, 3.63) is 12.0 Å². The van der Waals surface area contributed by atoms with E-state index in [1.54, 1.807) is 6.92 Å². The summed E-state index contributed by atoms with van der Waals surface area (Å²) in [5, 5.41) is 0. The van der Waals surface area contributed by atoms with Gasteiger partial charge in [-0.1, -0.05) is 12.8 Å². The fourth-order valence-corrected chi connectivity index (χ4v) is 2.11. The molecule has 0 atom stereocenters. The van der Waals surface area contributed by atoms with Gasteiger partial charge in [0.2, 0.25) is 0 Å². The highest BCUT2D eigenvalue weighted by molar-refractivity contribution is 5.86. The van der Waals surface area contributed by atoms with Crippen LogP contribution in [-0.2, 0) is 4.74 Å². The molecule has 0 N–H and O–H groups in total. The molecule has 0 aromatic carbocycles. The number of esters is 1. The summed E-state index contributed by atoms with van der Waals surface area (Å²) in [6.07, 6.45) is 8.54. The van der Waals surface area contributed by atoms with E-state index in [-0.39, 0.29) is 17.9 Å². The van der Waals surface area contributed by atoms with Crippen molar-refractivity contribution >= 4 is 5.97 Å². The molecule has 5 heteroatoms. The Kier molecular flexibility index (Phi) is 4.61. The zero-order valence-electron chi connectivity index (χ0n) is 10.7. The molecule has 0 saturated heterocycles. The molecule has 0 unspecified atom stereocenters. The van der Waals surface area contributed by atoms with Crippen LogP contribution in [0.3, 0.4) is 0 Å². The summed E-state index contributed by atoms with van der Waals surface area (Å²) in [6, 6.07) is 0. The summed E-state index contributed by atoms with van der Waals surface area (Å²) in [5.41, 5.74) is 0.167. The van der Waals surface area contributed by atoms with Gasteiger partial charge in [-0.05, 0) is 32.6 Å². The Morgan fingerprint density at radius 1 is 1.39 bits per heavy atom. The third-order valence-electron chi connectivity index (χ3n) is 3.04.